The third kappa shape index (κ3) is 4.36. The van der Waals surface area contributed by atoms with Crippen molar-refractivity contribution < 1.29 is 17.9 Å². The lowest BCUT2D eigenvalue weighted by atomic mass is 9.96. The van der Waals surface area contributed by atoms with Crippen molar-refractivity contribution >= 4 is 39.1 Å². The Morgan fingerprint density at radius 2 is 1.73 bits per heavy atom. The maximum atomic E-state index is 12.9. The monoisotopic (exact) mass is 468 g/mol. The molecule has 1 N–H and O–H groups in total. The van der Waals surface area contributed by atoms with E-state index >= 15 is 0 Å². The van der Waals surface area contributed by atoms with Crippen LogP contribution in [0.4, 0.5) is 0 Å². The summed E-state index contributed by atoms with van der Waals surface area (Å²) in [5.41, 5.74) is 1.17. The predicted octanol–water partition coefficient (Wildman–Crippen LogP) is 3.48. The van der Waals surface area contributed by atoms with Gasteiger partial charge in [-0.25, -0.2) is 8.42 Å². The number of carbonyl (C=O) groups is 1. The van der Waals surface area contributed by atoms with E-state index in [9.17, 15) is 13.2 Å². The van der Waals surface area contributed by atoms with Gasteiger partial charge in [0, 0.05) is 30.1 Å². The third-order valence-electron chi connectivity index (χ3n) is 5.69. The van der Waals surface area contributed by atoms with E-state index in [1.165, 1.54) is 22.5 Å². The zero-order valence-corrected chi connectivity index (χ0v) is 18.6. The van der Waals surface area contributed by atoms with Gasteiger partial charge in [0.1, 0.15) is 0 Å². The van der Waals surface area contributed by atoms with Crippen molar-refractivity contribution in [2.75, 3.05) is 32.8 Å². The van der Waals surface area contributed by atoms with Gasteiger partial charge >= 0.3 is 0 Å². The Hall–Kier alpha value is -1.64. The van der Waals surface area contributed by atoms with Gasteiger partial charge in [-0.15, -0.1) is 0 Å². The Morgan fingerprint density at radius 1 is 1.07 bits per heavy atom. The molecule has 1 aliphatic heterocycles. The minimum Gasteiger partial charge on any atom is -0.379 e. The zero-order valence-electron chi connectivity index (χ0n) is 16.2. The lowest BCUT2D eigenvalue weighted by molar-refractivity contribution is 0.0730. The van der Waals surface area contributed by atoms with Crippen molar-refractivity contribution in [3.63, 3.8) is 0 Å². The van der Waals surface area contributed by atoms with Crippen molar-refractivity contribution in [3.05, 3.63) is 63.6 Å². The zero-order chi connectivity index (χ0) is 21.4. The molecule has 4 rings (SSSR count). The van der Waals surface area contributed by atoms with Crippen LogP contribution >= 0.6 is 23.2 Å². The molecule has 0 radical (unpaired) electrons. The molecule has 1 heterocycles. The van der Waals surface area contributed by atoms with Gasteiger partial charge in [-0.1, -0.05) is 35.3 Å². The third-order valence-corrected chi connectivity index (χ3v) is 8.16. The maximum absolute atomic E-state index is 12.9. The minimum atomic E-state index is -3.71. The van der Waals surface area contributed by atoms with Gasteiger partial charge in [0.25, 0.3) is 5.91 Å². The molecule has 1 amide bonds. The summed E-state index contributed by atoms with van der Waals surface area (Å²) in [7, 11) is -3.71. The molecule has 0 bridgehead atoms. The van der Waals surface area contributed by atoms with Gasteiger partial charge in [-0.05, 0) is 48.7 Å². The highest BCUT2D eigenvalue weighted by Gasteiger charge is 2.44. The minimum absolute atomic E-state index is 0.0535. The number of nitrogens with one attached hydrogen (secondary N) is 1. The number of rotatable bonds is 6. The summed E-state index contributed by atoms with van der Waals surface area (Å²) in [6.07, 6.45) is 1.93. The van der Waals surface area contributed by atoms with Crippen LogP contribution in [0.1, 0.15) is 28.8 Å². The highest BCUT2D eigenvalue weighted by Crippen LogP contribution is 2.47. The van der Waals surface area contributed by atoms with Crippen molar-refractivity contribution in [2.45, 2.75) is 23.2 Å². The maximum Gasteiger partial charge on any atom is 0.252 e. The molecule has 0 spiro atoms. The SMILES string of the molecule is O=C(NCC1(c2ccc(Cl)cc2)CC1)c1cc(S(=O)(=O)N2CCOCC2)ccc1Cl. The second-order valence-electron chi connectivity index (χ2n) is 7.63. The first-order valence-corrected chi connectivity index (χ1v) is 11.9. The van der Waals surface area contributed by atoms with Crippen molar-refractivity contribution in [2.24, 2.45) is 0 Å². The van der Waals surface area contributed by atoms with Crippen LogP contribution in [-0.4, -0.2) is 51.5 Å². The quantitative estimate of drug-likeness (QED) is 0.703. The predicted molar refractivity (Wildman–Crippen MR) is 116 cm³/mol. The molecule has 2 aromatic rings. The van der Waals surface area contributed by atoms with Gasteiger partial charge in [-0.3, -0.25) is 4.79 Å². The van der Waals surface area contributed by atoms with Crippen LogP contribution in [0.3, 0.4) is 0 Å². The molecule has 1 saturated heterocycles. The molecule has 1 saturated carbocycles. The molecule has 2 fully saturated rings. The van der Waals surface area contributed by atoms with Crippen LogP contribution in [0.5, 0.6) is 0 Å². The summed E-state index contributed by atoms with van der Waals surface area (Å²) in [5.74, 6) is -0.390. The lowest BCUT2D eigenvalue weighted by Crippen LogP contribution is -2.40. The van der Waals surface area contributed by atoms with E-state index in [1.54, 1.807) is 0 Å². The van der Waals surface area contributed by atoms with Crippen LogP contribution in [-0.2, 0) is 20.2 Å². The number of morpholine rings is 1. The van der Waals surface area contributed by atoms with Gasteiger partial charge in [0.2, 0.25) is 10.0 Å². The first kappa shape index (κ1) is 21.6. The molecule has 0 aromatic heterocycles. The summed E-state index contributed by atoms with van der Waals surface area (Å²) in [4.78, 5) is 12.9. The molecule has 2 aliphatic rings. The van der Waals surface area contributed by atoms with Crippen molar-refractivity contribution in [1.82, 2.24) is 9.62 Å². The molecule has 6 nitrogen and oxygen atoms in total. The molecule has 2 aromatic carbocycles. The number of benzene rings is 2. The molecule has 30 heavy (non-hydrogen) atoms. The summed E-state index contributed by atoms with van der Waals surface area (Å²) in [6, 6.07) is 11.9. The molecule has 9 heteroatoms. The number of halogens is 2. The average Bonchev–Trinajstić information content (AvgIpc) is 3.54. The normalized spacial score (nSPS) is 18.7. The fourth-order valence-corrected chi connectivity index (χ4v) is 5.41. The van der Waals surface area contributed by atoms with Gasteiger partial charge in [0.15, 0.2) is 0 Å². The highest BCUT2D eigenvalue weighted by atomic mass is 35.5. The smallest absolute Gasteiger partial charge is 0.252 e. The molecular formula is C21H22Cl2N2O4S. The number of ether oxygens (including phenoxy) is 1. The molecule has 1 aliphatic carbocycles. The molecule has 0 unspecified atom stereocenters. The Bertz CT molecular complexity index is 1050. The number of sulfonamides is 1. The Balaban J connectivity index is 1.50. The fraction of sp³-hybridized carbons (Fsp3) is 0.381. The second kappa shape index (κ2) is 8.48. The van der Waals surface area contributed by atoms with Crippen molar-refractivity contribution in [3.8, 4) is 0 Å². The number of hydrogen-bond acceptors (Lipinski definition) is 4. The second-order valence-corrected chi connectivity index (χ2v) is 10.4. The van der Waals surface area contributed by atoms with E-state index in [2.05, 4.69) is 5.32 Å². The summed E-state index contributed by atoms with van der Waals surface area (Å²) in [6.45, 7) is 1.73. The largest absolute Gasteiger partial charge is 0.379 e. The number of carbonyl (C=O) groups excluding carboxylic acids is 1. The van der Waals surface area contributed by atoms with Crippen LogP contribution in [0.15, 0.2) is 47.4 Å². The van der Waals surface area contributed by atoms with Gasteiger partial charge in [-0.2, -0.15) is 4.31 Å². The van der Waals surface area contributed by atoms with Gasteiger partial charge in [0.05, 0.1) is 28.7 Å². The first-order valence-electron chi connectivity index (χ1n) is 9.74. The van der Waals surface area contributed by atoms with Crippen LogP contribution in [0.25, 0.3) is 0 Å². The Kier molecular flexibility index (Phi) is 6.10. The lowest BCUT2D eigenvalue weighted by Gasteiger charge is -2.26. The van der Waals surface area contributed by atoms with Crippen LogP contribution in [0.2, 0.25) is 10.0 Å². The number of amides is 1. The summed E-state index contributed by atoms with van der Waals surface area (Å²) in [5, 5.41) is 3.81. The summed E-state index contributed by atoms with van der Waals surface area (Å²) >= 11 is 12.2. The van der Waals surface area contributed by atoms with E-state index in [4.69, 9.17) is 27.9 Å². The molecular weight excluding hydrogens is 447 g/mol. The first-order chi connectivity index (χ1) is 14.3. The van der Waals surface area contributed by atoms with E-state index < -0.39 is 10.0 Å². The molecule has 160 valence electrons. The molecule has 0 atom stereocenters. The van der Waals surface area contributed by atoms with E-state index in [1.807, 2.05) is 24.3 Å². The van der Waals surface area contributed by atoms with E-state index in [0.717, 1.165) is 18.4 Å². The Morgan fingerprint density at radius 3 is 2.37 bits per heavy atom. The number of nitrogens with zero attached hydrogens (tertiary/aromatic N) is 1. The summed E-state index contributed by atoms with van der Waals surface area (Å²) < 4.78 is 32.4. The van der Waals surface area contributed by atoms with E-state index in [-0.39, 0.29) is 39.9 Å². The average molecular weight is 469 g/mol. The fourth-order valence-electron chi connectivity index (χ4n) is 3.64. The number of hydrogen-bond donors (Lipinski definition) is 1. The highest BCUT2D eigenvalue weighted by molar-refractivity contribution is 7.89. The topological polar surface area (TPSA) is 75.7 Å². The van der Waals surface area contributed by atoms with Crippen molar-refractivity contribution in [1.29, 1.82) is 0 Å². The van der Waals surface area contributed by atoms with Gasteiger partial charge < -0.3 is 10.1 Å². The van der Waals surface area contributed by atoms with E-state index in [0.29, 0.717) is 24.8 Å². The Labute approximate surface area is 186 Å². The standard InChI is InChI=1S/C21H22Cl2N2O4S/c22-16-3-1-15(2-4-16)21(7-8-21)14-24-20(26)18-13-17(5-6-19(18)23)30(27,28)25-9-11-29-12-10-25/h1-6,13H,7-12,14H2,(H,24,26). The van der Waals surface area contributed by atoms with Crippen LogP contribution < -0.4 is 5.32 Å². The van der Waals surface area contributed by atoms with Crippen LogP contribution in [0, 0.1) is 0 Å².